The van der Waals surface area contributed by atoms with Gasteiger partial charge in [0.15, 0.2) is 0 Å². The molecule has 0 radical (unpaired) electrons. The first-order valence-corrected chi connectivity index (χ1v) is 4.21. The van der Waals surface area contributed by atoms with E-state index < -0.39 is 12.0 Å². The van der Waals surface area contributed by atoms with Gasteiger partial charge in [0.2, 0.25) is 0 Å². The summed E-state index contributed by atoms with van der Waals surface area (Å²) in [5, 5.41) is 8.66. The van der Waals surface area contributed by atoms with Crippen LogP contribution >= 0.6 is 0 Å². The maximum atomic E-state index is 10.6. The maximum absolute atomic E-state index is 10.6. The van der Waals surface area contributed by atoms with Crippen molar-refractivity contribution in [2.24, 2.45) is 5.73 Å². The molecule has 4 nitrogen and oxygen atoms in total. The number of ether oxygens (including phenoxy) is 1. The van der Waals surface area contributed by atoms with Crippen LogP contribution in [0.5, 0.6) is 0 Å². The van der Waals surface area contributed by atoms with E-state index in [-0.39, 0.29) is 0 Å². The molecule has 0 aliphatic carbocycles. The number of nitrogens with two attached hydrogens (primary N) is 1. The lowest BCUT2D eigenvalue weighted by molar-refractivity contribution is -0.138. The SMILES string of the molecule is COCc1ccc(C(N)C(=O)O)cc1. The third kappa shape index (κ3) is 2.55. The highest BCUT2D eigenvalue weighted by molar-refractivity contribution is 5.75. The molecule has 0 aliphatic heterocycles. The second kappa shape index (κ2) is 4.74. The van der Waals surface area contributed by atoms with Gasteiger partial charge in [-0.3, -0.25) is 4.79 Å². The van der Waals surface area contributed by atoms with Crippen molar-refractivity contribution in [2.75, 3.05) is 7.11 Å². The van der Waals surface area contributed by atoms with Crippen molar-refractivity contribution < 1.29 is 14.6 Å². The maximum Gasteiger partial charge on any atom is 0.325 e. The molecule has 3 N–H and O–H groups in total. The Balaban J connectivity index is 2.77. The van der Waals surface area contributed by atoms with E-state index in [2.05, 4.69) is 0 Å². The Morgan fingerprint density at radius 1 is 1.50 bits per heavy atom. The van der Waals surface area contributed by atoms with E-state index in [0.717, 1.165) is 5.56 Å². The Labute approximate surface area is 82.3 Å². The number of hydrogen-bond donors (Lipinski definition) is 2. The number of aliphatic carboxylic acids is 1. The van der Waals surface area contributed by atoms with E-state index >= 15 is 0 Å². The van der Waals surface area contributed by atoms with Gasteiger partial charge in [-0.1, -0.05) is 24.3 Å². The van der Waals surface area contributed by atoms with E-state index in [1.165, 1.54) is 0 Å². The van der Waals surface area contributed by atoms with Gasteiger partial charge in [-0.25, -0.2) is 0 Å². The number of carbonyl (C=O) groups is 1. The van der Waals surface area contributed by atoms with Gasteiger partial charge in [-0.15, -0.1) is 0 Å². The van der Waals surface area contributed by atoms with E-state index in [1.807, 2.05) is 12.1 Å². The number of carboxylic acids is 1. The summed E-state index contributed by atoms with van der Waals surface area (Å²) in [6.07, 6.45) is 0. The fourth-order valence-electron chi connectivity index (χ4n) is 1.13. The molecule has 0 fully saturated rings. The number of hydrogen-bond acceptors (Lipinski definition) is 3. The van der Waals surface area contributed by atoms with Gasteiger partial charge < -0.3 is 15.6 Å². The Morgan fingerprint density at radius 2 is 2.07 bits per heavy atom. The molecule has 0 aromatic heterocycles. The largest absolute Gasteiger partial charge is 0.480 e. The van der Waals surface area contributed by atoms with Gasteiger partial charge in [0.05, 0.1) is 6.61 Å². The van der Waals surface area contributed by atoms with Crippen LogP contribution in [0.3, 0.4) is 0 Å². The quantitative estimate of drug-likeness (QED) is 0.749. The monoisotopic (exact) mass is 195 g/mol. The zero-order chi connectivity index (χ0) is 10.6. The molecular formula is C10H13NO3. The van der Waals surface area contributed by atoms with Crippen LogP contribution in [0, 0.1) is 0 Å². The lowest BCUT2D eigenvalue weighted by atomic mass is 10.1. The summed E-state index contributed by atoms with van der Waals surface area (Å²) in [7, 11) is 1.61. The second-order valence-corrected chi connectivity index (χ2v) is 2.99. The molecule has 14 heavy (non-hydrogen) atoms. The normalized spacial score (nSPS) is 12.4. The predicted molar refractivity (Wildman–Crippen MR) is 51.7 cm³/mol. The highest BCUT2D eigenvalue weighted by atomic mass is 16.5. The molecular weight excluding hydrogens is 182 g/mol. The minimum atomic E-state index is -1.02. The standard InChI is InChI=1S/C10H13NO3/c1-14-6-7-2-4-8(5-3-7)9(11)10(12)13/h2-5,9H,6,11H2,1H3,(H,12,13). The molecule has 0 amide bonds. The van der Waals surface area contributed by atoms with Gasteiger partial charge >= 0.3 is 5.97 Å². The Hall–Kier alpha value is -1.39. The first-order chi connectivity index (χ1) is 6.65. The Kier molecular flexibility index (Phi) is 3.62. The van der Waals surface area contributed by atoms with Crippen molar-refractivity contribution in [1.82, 2.24) is 0 Å². The van der Waals surface area contributed by atoms with Crippen molar-refractivity contribution in [3.8, 4) is 0 Å². The fraction of sp³-hybridized carbons (Fsp3) is 0.300. The smallest absolute Gasteiger partial charge is 0.325 e. The molecule has 1 aromatic carbocycles. The first-order valence-electron chi connectivity index (χ1n) is 4.21. The van der Waals surface area contributed by atoms with Gasteiger partial charge in [0.1, 0.15) is 6.04 Å². The molecule has 1 atom stereocenters. The van der Waals surface area contributed by atoms with E-state index in [0.29, 0.717) is 12.2 Å². The lowest BCUT2D eigenvalue weighted by Gasteiger charge is -2.07. The van der Waals surface area contributed by atoms with Crippen molar-refractivity contribution in [3.05, 3.63) is 35.4 Å². The van der Waals surface area contributed by atoms with Crippen LogP contribution in [0.1, 0.15) is 17.2 Å². The van der Waals surface area contributed by atoms with Gasteiger partial charge in [0, 0.05) is 7.11 Å². The van der Waals surface area contributed by atoms with Crippen molar-refractivity contribution in [3.63, 3.8) is 0 Å². The van der Waals surface area contributed by atoms with Crippen molar-refractivity contribution >= 4 is 5.97 Å². The van der Waals surface area contributed by atoms with Gasteiger partial charge in [-0.2, -0.15) is 0 Å². The van der Waals surface area contributed by atoms with E-state index in [9.17, 15) is 4.79 Å². The summed E-state index contributed by atoms with van der Waals surface area (Å²) in [6.45, 7) is 0.516. The van der Waals surface area contributed by atoms with Crippen LogP contribution in [0.15, 0.2) is 24.3 Å². The average molecular weight is 195 g/mol. The summed E-state index contributed by atoms with van der Waals surface area (Å²) in [5.74, 6) is -1.02. The highest BCUT2D eigenvalue weighted by Crippen LogP contribution is 2.12. The summed E-state index contributed by atoms with van der Waals surface area (Å²) < 4.78 is 4.93. The van der Waals surface area contributed by atoms with Crippen LogP contribution in [0.25, 0.3) is 0 Å². The Bertz CT molecular complexity index is 308. The zero-order valence-corrected chi connectivity index (χ0v) is 7.93. The fourth-order valence-corrected chi connectivity index (χ4v) is 1.13. The van der Waals surface area contributed by atoms with Crippen LogP contribution in [0.2, 0.25) is 0 Å². The topological polar surface area (TPSA) is 72.5 Å². The lowest BCUT2D eigenvalue weighted by Crippen LogP contribution is -2.20. The van der Waals surface area contributed by atoms with Crippen molar-refractivity contribution in [1.29, 1.82) is 0 Å². The predicted octanol–water partition coefficient (Wildman–Crippen LogP) is 0.917. The van der Waals surface area contributed by atoms with E-state index in [4.69, 9.17) is 15.6 Å². The van der Waals surface area contributed by atoms with Gasteiger partial charge in [0.25, 0.3) is 0 Å². The van der Waals surface area contributed by atoms with Crippen LogP contribution in [-0.4, -0.2) is 18.2 Å². The molecule has 0 bridgehead atoms. The molecule has 0 saturated carbocycles. The molecule has 1 rings (SSSR count). The molecule has 0 saturated heterocycles. The van der Waals surface area contributed by atoms with E-state index in [1.54, 1.807) is 19.2 Å². The number of methoxy groups -OCH3 is 1. The minimum Gasteiger partial charge on any atom is -0.480 e. The Morgan fingerprint density at radius 3 is 2.50 bits per heavy atom. The molecule has 1 unspecified atom stereocenters. The molecule has 1 aromatic rings. The first kappa shape index (κ1) is 10.7. The third-order valence-electron chi connectivity index (χ3n) is 1.92. The molecule has 0 spiro atoms. The molecule has 76 valence electrons. The summed E-state index contributed by atoms with van der Waals surface area (Å²) in [4.78, 5) is 10.6. The molecule has 4 heteroatoms. The molecule has 0 aliphatic rings. The van der Waals surface area contributed by atoms with Crippen molar-refractivity contribution in [2.45, 2.75) is 12.6 Å². The highest BCUT2D eigenvalue weighted by Gasteiger charge is 2.13. The summed E-state index contributed by atoms with van der Waals surface area (Å²) in [6, 6.07) is 6.07. The second-order valence-electron chi connectivity index (χ2n) is 2.99. The number of benzene rings is 1. The average Bonchev–Trinajstić information content (AvgIpc) is 2.18. The third-order valence-corrected chi connectivity index (χ3v) is 1.92. The van der Waals surface area contributed by atoms with Crippen LogP contribution < -0.4 is 5.73 Å². The summed E-state index contributed by atoms with van der Waals surface area (Å²) >= 11 is 0. The molecule has 0 heterocycles. The minimum absolute atomic E-state index is 0.516. The number of rotatable bonds is 4. The van der Waals surface area contributed by atoms with Gasteiger partial charge in [-0.05, 0) is 11.1 Å². The van der Waals surface area contributed by atoms with Crippen LogP contribution in [0.4, 0.5) is 0 Å². The summed E-state index contributed by atoms with van der Waals surface area (Å²) in [5.41, 5.74) is 7.02. The number of carboxylic acid groups (broad SMARTS) is 1. The zero-order valence-electron chi connectivity index (χ0n) is 7.93. The van der Waals surface area contributed by atoms with Crippen LogP contribution in [-0.2, 0) is 16.1 Å².